The summed E-state index contributed by atoms with van der Waals surface area (Å²) in [7, 11) is 0. The highest BCUT2D eigenvalue weighted by atomic mass is 16.4. The third-order valence-electron chi connectivity index (χ3n) is 6.13. The Morgan fingerprint density at radius 1 is 0.828 bits per heavy atom. The molecule has 2 aromatic rings. The predicted molar refractivity (Wildman–Crippen MR) is 116 cm³/mol. The molecule has 4 heteroatoms. The molecule has 2 rings (SSSR count). The van der Waals surface area contributed by atoms with Gasteiger partial charge in [-0.2, -0.15) is 0 Å². The van der Waals surface area contributed by atoms with Crippen molar-refractivity contribution in [2.75, 3.05) is 0 Å². The third kappa shape index (κ3) is 5.69. The molecule has 0 aromatic heterocycles. The SMILES string of the molecule is CCCCC(CC)(Cc1cc(C(=O)O)ccc1C)Cc1cc(C(=O)O)ccc1C. The molecule has 4 nitrogen and oxygen atoms in total. The van der Waals surface area contributed by atoms with E-state index in [1.54, 1.807) is 24.3 Å². The summed E-state index contributed by atoms with van der Waals surface area (Å²) in [5.41, 5.74) is 4.91. The third-order valence-corrected chi connectivity index (χ3v) is 6.13. The van der Waals surface area contributed by atoms with Gasteiger partial charge in [-0.15, -0.1) is 0 Å². The van der Waals surface area contributed by atoms with E-state index in [-0.39, 0.29) is 5.41 Å². The Hall–Kier alpha value is -2.62. The first-order chi connectivity index (χ1) is 13.7. The average Bonchev–Trinajstić information content (AvgIpc) is 2.69. The first-order valence-electron chi connectivity index (χ1n) is 10.4. The van der Waals surface area contributed by atoms with Crippen molar-refractivity contribution in [3.63, 3.8) is 0 Å². The van der Waals surface area contributed by atoms with E-state index < -0.39 is 11.9 Å². The van der Waals surface area contributed by atoms with Crippen LogP contribution >= 0.6 is 0 Å². The van der Waals surface area contributed by atoms with E-state index in [2.05, 4.69) is 13.8 Å². The highest BCUT2D eigenvalue weighted by molar-refractivity contribution is 5.88. The van der Waals surface area contributed by atoms with Gasteiger partial charge in [-0.25, -0.2) is 9.59 Å². The largest absolute Gasteiger partial charge is 0.478 e. The van der Waals surface area contributed by atoms with Gasteiger partial charge in [0.05, 0.1) is 11.1 Å². The van der Waals surface area contributed by atoms with Crippen molar-refractivity contribution in [2.45, 2.75) is 66.2 Å². The topological polar surface area (TPSA) is 74.6 Å². The summed E-state index contributed by atoms with van der Waals surface area (Å²) in [5, 5.41) is 18.8. The minimum absolute atomic E-state index is 0.0419. The maximum atomic E-state index is 11.5. The van der Waals surface area contributed by atoms with Crippen molar-refractivity contribution in [3.8, 4) is 0 Å². The van der Waals surface area contributed by atoms with E-state index in [9.17, 15) is 19.8 Å². The minimum atomic E-state index is -0.910. The van der Waals surface area contributed by atoms with E-state index in [1.165, 1.54) is 0 Å². The van der Waals surface area contributed by atoms with Gasteiger partial charge >= 0.3 is 11.9 Å². The number of aromatic carboxylic acids is 2. The Morgan fingerprint density at radius 3 is 1.62 bits per heavy atom. The van der Waals surface area contributed by atoms with E-state index in [1.807, 2.05) is 26.0 Å². The van der Waals surface area contributed by atoms with Crippen molar-refractivity contribution in [1.29, 1.82) is 0 Å². The molecule has 0 atom stereocenters. The summed E-state index contributed by atoms with van der Waals surface area (Å²) in [4.78, 5) is 22.9. The monoisotopic (exact) mass is 396 g/mol. The number of benzene rings is 2. The molecular weight excluding hydrogens is 364 g/mol. The number of rotatable bonds is 10. The van der Waals surface area contributed by atoms with Crippen LogP contribution in [0.25, 0.3) is 0 Å². The first kappa shape index (κ1) is 22.7. The van der Waals surface area contributed by atoms with Gasteiger partial charge in [0.2, 0.25) is 0 Å². The molecule has 0 radical (unpaired) electrons. The zero-order chi connectivity index (χ0) is 21.6. The summed E-state index contributed by atoms with van der Waals surface area (Å²) < 4.78 is 0. The number of carboxylic acids is 2. The molecule has 0 aliphatic heterocycles. The van der Waals surface area contributed by atoms with E-state index in [4.69, 9.17) is 0 Å². The molecule has 0 aliphatic carbocycles. The molecule has 0 unspecified atom stereocenters. The van der Waals surface area contributed by atoms with Gasteiger partial charge in [-0.3, -0.25) is 0 Å². The standard InChI is InChI=1S/C25H32O4/c1-5-7-12-25(6-2,15-21-13-19(23(26)27)10-8-17(21)3)16-22-14-20(24(28)29)11-9-18(22)4/h8-11,13-14H,5-7,12,15-16H2,1-4H3,(H,26,27)(H,28,29). The second-order valence-corrected chi connectivity index (χ2v) is 8.20. The van der Waals surface area contributed by atoms with E-state index in [0.29, 0.717) is 11.1 Å². The molecule has 0 aliphatic rings. The number of unbranched alkanes of at least 4 members (excludes halogenated alkanes) is 1. The lowest BCUT2D eigenvalue weighted by molar-refractivity contribution is 0.0686. The van der Waals surface area contributed by atoms with Crippen LogP contribution in [0.15, 0.2) is 36.4 Å². The van der Waals surface area contributed by atoms with Gasteiger partial charge in [0.1, 0.15) is 0 Å². The summed E-state index contributed by atoms with van der Waals surface area (Å²) in [6.07, 6.45) is 5.71. The number of aryl methyl sites for hydroxylation is 2. The van der Waals surface area contributed by atoms with Crippen molar-refractivity contribution >= 4 is 11.9 Å². The Kier molecular flexibility index (Phi) is 7.60. The summed E-state index contributed by atoms with van der Waals surface area (Å²) in [6.45, 7) is 8.41. The second-order valence-electron chi connectivity index (χ2n) is 8.20. The predicted octanol–water partition coefficient (Wildman–Crippen LogP) is 6.07. The van der Waals surface area contributed by atoms with Crippen molar-refractivity contribution in [3.05, 3.63) is 69.8 Å². The van der Waals surface area contributed by atoms with Crippen LogP contribution in [0.2, 0.25) is 0 Å². The van der Waals surface area contributed by atoms with Crippen molar-refractivity contribution in [1.82, 2.24) is 0 Å². The minimum Gasteiger partial charge on any atom is -0.478 e. The first-order valence-corrected chi connectivity index (χ1v) is 10.4. The molecule has 0 bridgehead atoms. The number of carboxylic acid groups (broad SMARTS) is 2. The zero-order valence-corrected chi connectivity index (χ0v) is 17.9. The highest BCUT2D eigenvalue weighted by Gasteiger charge is 2.30. The van der Waals surface area contributed by atoms with Crippen LogP contribution in [0.4, 0.5) is 0 Å². The smallest absolute Gasteiger partial charge is 0.335 e. The summed E-state index contributed by atoms with van der Waals surface area (Å²) in [6, 6.07) is 10.7. The van der Waals surface area contributed by atoms with Crippen LogP contribution in [0.5, 0.6) is 0 Å². The van der Waals surface area contributed by atoms with Crippen LogP contribution in [-0.4, -0.2) is 22.2 Å². The van der Waals surface area contributed by atoms with E-state index in [0.717, 1.165) is 60.8 Å². The molecule has 0 saturated carbocycles. The maximum absolute atomic E-state index is 11.5. The van der Waals surface area contributed by atoms with Crippen LogP contribution < -0.4 is 0 Å². The Labute approximate surface area is 173 Å². The van der Waals surface area contributed by atoms with Crippen LogP contribution in [-0.2, 0) is 12.8 Å². The van der Waals surface area contributed by atoms with Crippen molar-refractivity contribution < 1.29 is 19.8 Å². The fourth-order valence-electron chi connectivity index (χ4n) is 4.02. The number of hydrogen-bond donors (Lipinski definition) is 2. The second kappa shape index (κ2) is 9.73. The zero-order valence-electron chi connectivity index (χ0n) is 17.9. The fraction of sp³-hybridized carbons (Fsp3) is 0.440. The molecule has 0 spiro atoms. The van der Waals surface area contributed by atoms with E-state index >= 15 is 0 Å². The van der Waals surface area contributed by atoms with Gasteiger partial charge in [0.25, 0.3) is 0 Å². The van der Waals surface area contributed by atoms with Crippen LogP contribution in [0.3, 0.4) is 0 Å². The molecule has 0 saturated heterocycles. The summed E-state index contributed by atoms with van der Waals surface area (Å²) in [5.74, 6) is -1.82. The maximum Gasteiger partial charge on any atom is 0.335 e. The van der Waals surface area contributed by atoms with Crippen molar-refractivity contribution in [2.24, 2.45) is 5.41 Å². The normalized spacial score (nSPS) is 11.4. The fourth-order valence-corrected chi connectivity index (χ4v) is 4.02. The van der Waals surface area contributed by atoms with Crippen LogP contribution in [0.1, 0.15) is 82.5 Å². The molecule has 0 heterocycles. The molecule has 2 N–H and O–H groups in total. The molecule has 0 fully saturated rings. The molecule has 156 valence electrons. The van der Waals surface area contributed by atoms with Gasteiger partial charge in [-0.05, 0) is 91.5 Å². The number of carbonyl (C=O) groups is 2. The summed E-state index contributed by atoms with van der Waals surface area (Å²) >= 11 is 0. The average molecular weight is 397 g/mol. The quantitative estimate of drug-likeness (QED) is 0.511. The van der Waals surface area contributed by atoms with Gasteiger partial charge in [0, 0.05) is 0 Å². The highest BCUT2D eigenvalue weighted by Crippen LogP contribution is 2.38. The Balaban J connectivity index is 2.47. The lowest BCUT2D eigenvalue weighted by Gasteiger charge is -2.35. The van der Waals surface area contributed by atoms with Gasteiger partial charge in [-0.1, -0.05) is 38.8 Å². The molecule has 29 heavy (non-hydrogen) atoms. The Morgan fingerprint density at radius 2 is 1.28 bits per heavy atom. The van der Waals surface area contributed by atoms with Crippen LogP contribution in [0, 0.1) is 19.3 Å². The number of hydrogen-bond acceptors (Lipinski definition) is 2. The van der Waals surface area contributed by atoms with Gasteiger partial charge < -0.3 is 10.2 Å². The molecule has 0 amide bonds. The lowest BCUT2D eigenvalue weighted by atomic mass is 9.70. The Bertz CT molecular complexity index is 817. The molecular formula is C25H32O4. The molecule has 2 aromatic carbocycles. The van der Waals surface area contributed by atoms with Gasteiger partial charge in [0.15, 0.2) is 0 Å². The lowest BCUT2D eigenvalue weighted by Crippen LogP contribution is -2.27.